The number of nitriles is 1. The minimum atomic E-state index is -0.925. The Labute approximate surface area is 314 Å². The molecule has 55 heavy (non-hydrogen) atoms. The van der Waals surface area contributed by atoms with E-state index in [1.807, 2.05) is 24.9 Å². The Kier molecular flexibility index (Phi) is 7.62. The summed E-state index contributed by atoms with van der Waals surface area (Å²) in [6, 6.07) is 8.66. The molecule has 4 aromatic carbocycles. The van der Waals surface area contributed by atoms with Crippen molar-refractivity contribution < 1.29 is 43.4 Å². The number of nitro groups is 1. The number of rotatable bonds is 5. The number of carbonyl (C=O) groups is 3. The number of aromatic hydroxyl groups is 1. The molecule has 4 unspecified atom stereocenters. The number of carbonyl (C=O) groups excluding carboxylic acids is 3. The summed E-state index contributed by atoms with van der Waals surface area (Å²) in [5.41, 5.74) is 3.78. The van der Waals surface area contributed by atoms with Crippen LogP contribution in [0.2, 0.25) is 0 Å². The lowest BCUT2D eigenvalue weighted by Crippen LogP contribution is -2.69. The Morgan fingerprint density at radius 2 is 1.80 bits per heavy atom. The Morgan fingerprint density at radius 3 is 2.51 bits per heavy atom. The molecule has 5 atom stereocenters. The smallest absolute Gasteiger partial charge is 0.308 e. The summed E-state index contributed by atoms with van der Waals surface area (Å²) in [7, 11) is 3.41. The lowest BCUT2D eigenvalue weighted by atomic mass is 9.71. The van der Waals surface area contributed by atoms with Crippen LogP contribution in [-0.2, 0) is 17.6 Å². The van der Waals surface area contributed by atoms with Gasteiger partial charge in [0.1, 0.15) is 11.8 Å². The molecular formula is C40H35N5O10. The molecule has 4 aromatic rings. The van der Waals surface area contributed by atoms with E-state index >= 15 is 0 Å². The van der Waals surface area contributed by atoms with E-state index in [4.69, 9.17) is 18.9 Å². The van der Waals surface area contributed by atoms with Crippen LogP contribution in [-0.4, -0.2) is 88.1 Å². The number of piperazine rings is 1. The van der Waals surface area contributed by atoms with Gasteiger partial charge in [-0.1, -0.05) is 18.2 Å². The van der Waals surface area contributed by atoms with Crippen LogP contribution in [0, 0.1) is 35.3 Å². The van der Waals surface area contributed by atoms with E-state index < -0.39 is 46.9 Å². The maximum absolute atomic E-state index is 14.6. The topological polar surface area (TPSA) is 185 Å². The number of imide groups is 1. The first-order valence-corrected chi connectivity index (χ1v) is 17.8. The van der Waals surface area contributed by atoms with E-state index in [0.717, 1.165) is 16.0 Å². The summed E-state index contributed by atoms with van der Waals surface area (Å²) in [6.45, 7) is 4.46. The van der Waals surface area contributed by atoms with Crippen LogP contribution in [0.1, 0.15) is 73.1 Å². The molecule has 5 aliphatic rings. The molecule has 15 heteroatoms. The molecule has 0 aromatic heterocycles. The van der Waals surface area contributed by atoms with Crippen LogP contribution in [0.5, 0.6) is 28.7 Å². The highest BCUT2D eigenvalue weighted by Gasteiger charge is 2.57. The molecule has 2 amide bonds. The highest BCUT2D eigenvalue weighted by Crippen LogP contribution is 2.58. The summed E-state index contributed by atoms with van der Waals surface area (Å²) in [5, 5.41) is 35.6. The van der Waals surface area contributed by atoms with Crippen molar-refractivity contribution in [3.63, 3.8) is 0 Å². The highest BCUT2D eigenvalue weighted by atomic mass is 16.7. The summed E-state index contributed by atoms with van der Waals surface area (Å²) in [4.78, 5) is 58.3. The van der Waals surface area contributed by atoms with Crippen molar-refractivity contribution in [2.24, 2.45) is 0 Å². The van der Waals surface area contributed by atoms with Gasteiger partial charge in [-0.15, -0.1) is 0 Å². The molecule has 0 aliphatic carbocycles. The average Bonchev–Trinajstić information content (AvgIpc) is 3.64. The first-order chi connectivity index (χ1) is 26.4. The molecule has 15 nitrogen and oxygen atoms in total. The Morgan fingerprint density at radius 1 is 1.05 bits per heavy atom. The van der Waals surface area contributed by atoms with E-state index in [2.05, 4.69) is 11.0 Å². The van der Waals surface area contributed by atoms with Gasteiger partial charge >= 0.3 is 5.97 Å². The van der Waals surface area contributed by atoms with E-state index in [0.29, 0.717) is 56.7 Å². The number of hydrogen-bond donors (Lipinski definition) is 1. The normalized spacial score (nSPS) is 23.5. The number of benzene rings is 4. The van der Waals surface area contributed by atoms with E-state index in [9.17, 15) is 34.9 Å². The zero-order chi connectivity index (χ0) is 38.8. The predicted molar refractivity (Wildman–Crippen MR) is 193 cm³/mol. The van der Waals surface area contributed by atoms with Crippen molar-refractivity contribution in [1.82, 2.24) is 14.7 Å². The van der Waals surface area contributed by atoms with Gasteiger partial charge in [-0.25, -0.2) is 0 Å². The van der Waals surface area contributed by atoms with Gasteiger partial charge in [0.05, 0.1) is 35.7 Å². The standard InChI is InChI=1S/C40H35N5O10/c1-17-9-21-11-26-28(14-41)44-27(33(42(26)4)31(21)34(47)35(17)52-5)13-24-32(38-37(53-16-54-38)18(2)36(24)55-19(3)46)29(44)15-43-39(48)23-8-6-7-20-10-22(45(50)51)12-25(30(20)23)40(43)49/h6-10,12,26-29,33,47H,11,13,15-16H2,1-5H3/t26?,27?,28?,29?,33-/m0/s1. The number of ether oxygens (including phenoxy) is 4. The largest absolute Gasteiger partial charge is 0.504 e. The summed E-state index contributed by atoms with van der Waals surface area (Å²) >= 11 is 0. The molecule has 5 heterocycles. The van der Waals surface area contributed by atoms with E-state index in [1.165, 1.54) is 26.2 Å². The monoisotopic (exact) mass is 745 g/mol. The van der Waals surface area contributed by atoms with Gasteiger partial charge in [0.25, 0.3) is 17.5 Å². The SMILES string of the molecule is COc1c(C)cc2c(c1O)[C@@H]1C3Cc4c(OC(C)=O)c(C)c5c(c4C(CN4C(=O)c6cccc7cc([N+](=O)[O-])cc(c67)C4=O)N3C(C#N)C(C2)N1C)OCO5. The number of phenolic OH excluding ortho intramolecular Hbond substituents is 1. The minimum absolute atomic E-state index is 0.00898. The molecule has 0 radical (unpaired) electrons. The second kappa shape index (κ2) is 12.1. The maximum atomic E-state index is 14.6. The van der Waals surface area contributed by atoms with Crippen LogP contribution >= 0.6 is 0 Å². The second-order valence-corrected chi connectivity index (χ2v) is 14.7. The number of aryl methyl sites for hydroxylation is 1. The molecule has 9 rings (SSSR count). The number of non-ortho nitro benzene ring substituents is 1. The Hall–Kier alpha value is -6.24. The predicted octanol–water partition coefficient (Wildman–Crippen LogP) is 4.80. The number of likely N-dealkylation sites (N-methyl/N-ethyl adjacent to an activating group) is 1. The number of esters is 1. The Balaban J connectivity index is 1.29. The van der Waals surface area contributed by atoms with Crippen molar-refractivity contribution in [1.29, 1.82) is 5.26 Å². The first kappa shape index (κ1) is 34.5. The molecule has 1 saturated heterocycles. The van der Waals surface area contributed by atoms with Crippen LogP contribution < -0.4 is 18.9 Å². The number of phenols is 1. The van der Waals surface area contributed by atoms with Crippen molar-refractivity contribution in [3.8, 4) is 34.8 Å². The minimum Gasteiger partial charge on any atom is -0.504 e. The number of hydrogen-bond acceptors (Lipinski definition) is 13. The van der Waals surface area contributed by atoms with Crippen LogP contribution in [0.25, 0.3) is 10.8 Å². The molecule has 1 N–H and O–H groups in total. The highest BCUT2D eigenvalue weighted by molar-refractivity contribution is 6.25. The second-order valence-electron chi connectivity index (χ2n) is 14.7. The quantitative estimate of drug-likeness (QED) is 0.0967. The molecule has 1 fully saturated rings. The molecule has 2 bridgehead atoms. The summed E-state index contributed by atoms with van der Waals surface area (Å²) in [5.74, 6) is -0.652. The maximum Gasteiger partial charge on any atom is 0.308 e. The fourth-order valence-corrected chi connectivity index (χ4v) is 9.88. The lowest BCUT2D eigenvalue weighted by Gasteiger charge is -2.60. The van der Waals surface area contributed by atoms with Crippen LogP contribution in [0.4, 0.5) is 5.69 Å². The first-order valence-electron chi connectivity index (χ1n) is 17.8. The van der Waals surface area contributed by atoms with Gasteiger partial charge in [-0.05, 0) is 56.3 Å². The van der Waals surface area contributed by atoms with Gasteiger partial charge in [0, 0.05) is 70.9 Å². The molecular weight excluding hydrogens is 710 g/mol. The van der Waals surface area contributed by atoms with Crippen LogP contribution in [0.15, 0.2) is 36.4 Å². The van der Waals surface area contributed by atoms with Gasteiger partial charge in [-0.2, -0.15) is 5.26 Å². The van der Waals surface area contributed by atoms with Crippen molar-refractivity contribution >= 4 is 34.2 Å². The van der Waals surface area contributed by atoms with Crippen molar-refractivity contribution in [3.05, 3.63) is 91.0 Å². The molecule has 5 aliphatic heterocycles. The molecule has 0 spiro atoms. The molecule has 280 valence electrons. The Bertz CT molecular complexity index is 2490. The fraction of sp³-hybridized carbons (Fsp3) is 0.350. The van der Waals surface area contributed by atoms with Gasteiger partial charge in [0.2, 0.25) is 6.79 Å². The van der Waals surface area contributed by atoms with Crippen LogP contribution in [0.3, 0.4) is 0 Å². The van der Waals surface area contributed by atoms with Gasteiger partial charge in [-0.3, -0.25) is 39.2 Å². The third-order valence-electron chi connectivity index (χ3n) is 12.0. The number of methoxy groups -OCH3 is 1. The fourth-order valence-electron chi connectivity index (χ4n) is 9.88. The molecule has 0 saturated carbocycles. The van der Waals surface area contributed by atoms with E-state index in [1.54, 1.807) is 25.1 Å². The van der Waals surface area contributed by atoms with Crippen molar-refractivity contribution in [2.75, 3.05) is 27.5 Å². The number of nitrogens with zero attached hydrogens (tertiary/aromatic N) is 5. The third kappa shape index (κ3) is 4.71. The summed E-state index contributed by atoms with van der Waals surface area (Å²) in [6.07, 6.45) is 0.629. The van der Waals surface area contributed by atoms with E-state index in [-0.39, 0.29) is 54.1 Å². The number of nitro benzene ring substituents is 1. The van der Waals surface area contributed by atoms with Gasteiger partial charge < -0.3 is 24.1 Å². The lowest BCUT2D eigenvalue weighted by molar-refractivity contribution is -0.384. The zero-order valence-corrected chi connectivity index (χ0v) is 30.5. The third-order valence-corrected chi connectivity index (χ3v) is 12.0. The number of fused-ring (bicyclic) bond motifs is 9. The number of amides is 2. The average molecular weight is 746 g/mol. The summed E-state index contributed by atoms with van der Waals surface area (Å²) < 4.78 is 23.7. The van der Waals surface area contributed by atoms with Crippen molar-refractivity contribution in [2.45, 2.75) is 63.8 Å². The zero-order valence-electron chi connectivity index (χ0n) is 30.5. The van der Waals surface area contributed by atoms with Gasteiger partial charge in [0.15, 0.2) is 23.0 Å².